The molecule has 0 fully saturated rings. The molecule has 4 rings (SSSR count). The van der Waals surface area contributed by atoms with Gasteiger partial charge in [0, 0.05) is 22.0 Å². The predicted octanol–water partition coefficient (Wildman–Crippen LogP) is 3.97. The summed E-state index contributed by atoms with van der Waals surface area (Å²) in [5.74, 6) is 1.06. The van der Waals surface area contributed by atoms with Crippen molar-refractivity contribution in [1.29, 1.82) is 0 Å². The summed E-state index contributed by atoms with van der Waals surface area (Å²) in [6.45, 7) is 0. The van der Waals surface area contributed by atoms with E-state index in [9.17, 15) is 13.2 Å². The standard InChI is InChI=1S/C23H20ClN5O4S2/c1-33-19-10-2-15(3-11-19)22-27-28-23(29(22)18-8-4-16(24)5-9-18)34-14-21(30)26-17-6-12-20(13-7-17)35(25,31)32/h2-13H,14H2,1H3,(H,26,30)(H2,25,31,32). The number of halogens is 1. The summed E-state index contributed by atoms with van der Waals surface area (Å²) in [7, 11) is -2.21. The molecule has 180 valence electrons. The Bertz CT molecular complexity index is 1440. The van der Waals surface area contributed by atoms with Crippen LogP contribution in [-0.2, 0) is 14.8 Å². The minimum absolute atomic E-state index is 0.0352. The van der Waals surface area contributed by atoms with Crippen LogP contribution in [-0.4, -0.2) is 42.0 Å². The Morgan fingerprint density at radius 2 is 1.69 bits per heavy atom. The summed E-state index contributed by atoms with van der Waals surface area (Å²) >= 11 is 7.27. The third-order valence-electron chi connectivity index (χ3n) is 4.87. The molecular weight excluding hydrogens is 510 g/mol. The molecule has 0 bridgehead atoms. The van der Waals surface area contributed by atoms with Gasteiger partial charge in [-0.25, -0.2) is 13.6 Å². The maximum Gasteiger partial charge on any atom is 0.238 e. The molecule has 0 aliphatic heterocycles. The molecule has 0 radical (unpaired) electrons. The van der Waals surface area contributed by atoms with Gasteiger partial charge in [-0.15, -0.1) is 10.2 Å². The molecule has 0 saturated heterocycles. The lowest BCUT2D eigenvalue weighted by molar-refractivity contribution is -0.113. The van der Waals surface area contributed by atoms with E-state index in [0.29, 0.717) is 21.7 Å². The zero-order valence-corrected chi connectivity index (χ0v) is 20.8. The van der Waals surface area contributed by atoms with Crippen LogP contribution in [0.4, 0.5) is 5.69 Å². The van der Waals surface area contributed by atoms with E-state index in [-0.39, 0.29) is 16.6 Å². The van der Waals surface area contributed by atoms with Gasteiger partial charge < -0.3 is 10.1 Å². The van der Waals surface area contributed by atoms with Crippen molar-refractivity contribution >= 4 is 45.0 Å². The number of carbonyl (C=O) groups excluding carboxylic acids is 1. The van der Waals surface area contributed by atoms with Crippen LogP contribution in [0.3, 0.4) is 0 Å². The van der Waals surface area contributed by atoms with Crippen LogP contribution in [0.25, 0.3) is 17.1 Å². The van der Waals surface area contributed by atoms with Crippen molar-refractivity contribution in [1.82, 2.24) is 14.8 Å². The van der Waals surface area contributed by atoms with Crippen molar-refractivity contribution in [2.75, 3.05) is 18.2 Å². The maximum atomic E-state index is 12.5. The van der Waals surface area contributed by atoms with Gasteiger partial charge in [0.25, 0.3) is 0 Å². The number of ether oxygens (including phenoxy) is 1. The van der Waals surface area contributed by atoms with E-state index in [1.54, 1.807) is 19.2 Å². The second-order valence-electron chi connectivity index (χ2n) is 7.25. The first-order valence-electron chi connectivity index (χ1n) is 10.2. The predicted molar refractivity (Wildman–Crippen MR) is 136 cm³/mol. The number of rotatable bonds is 8. The van der Waals surface area contributed by atoms with Gasteiger partial charge >= 0.3 is 0 Å². The SMILES string of the molecule is COc1ccc(-c2nnc(SCC(=O)Nc3ccc(S(N)(=O)=O)cc3)n2-c2ccc(Cl)cc2)cc1. The number of sulfonamides is 1. The minimum Gasteiger partial charge on any atom is -0.497 e. The molecule has 0 aliphatic rings. The number of benzene rings is 3. The first-order chi connectivity index (χ1) is 16.7. The van der Waals surface area contributed by atoms with Crippen molar-refractivity contribution in [2.24, 2.45) is 5.14 Å². The quantitative estimate of drug-likeness (QED) is 0.330. The third-order valence-corrected chi connectivity index (χ3v) is 6.98. The molecule has 12 heteroatoms. The van der Waals surface area contributed by atoms with E-state index in [1.165, 1.54) is 36.0 Å². The van der Waals surface area contributed by atoms with Crippen LogP contribution < -0.4 is 15.2 Å². The van der Waals surface area contributed by atoms with Crippen LogP contribution in [0, 0.1) is 0 Å². The van der Waals surface area contributed by atoms with Crippen molar-refractivity contribution in [3.8, 4) is 22.8 Å². The largest absolute Gasteiger partial charge is 0.497 e. The lowest BCUT2D eigenvalue weighted by atomic mass is 10.2. The fraction of sp³-hybridized carbons (Fsp3) is 0.0870. The highest BCUT2D eigenvalue weighted by atomic mass is 35.5. The average molecular weight is 530 g/mol. The first-order valence-corrected chi connectivity index (χ1v) is 13.1. The highest BCUT2D eigenvalue weighted by Crippen LogP contribution is 2.29. The molecule has 1 aromatic heterocycles. The Labute approximate surface area is 211 Å². The summed E-state index contributed by atoms with van der Waals surface area (Å²) in [6, 6.07) is 20.2. The van der Waals surface area contributed by atoms with Crippen LogP contribution in [0.2, 0.25) is 5.02 Å². The van der Waals surface area contributed by atoms with Crippen LogP contribution in [0.1, 0.15) is 0 Å². The van der Waals surface area contributed by atoms with Crippen molar-refractivity contribution in [3.05, 3.63) is 77.8 Å². The molecule has 0 atom stereocenters. The highest BCUT2D eigenvalue weighted by molar-refractivity contribution is 7.99. The molecule has 0 aliphatic carbocycles. The van der Waals surface area contributed by atoms with Crippen LogP contribution in [0.15, 0.2) is 82.8 Å². The Balaban J connectivity index is 1.55. The fourth-order valence-electron chi connectivity index (χ4n) is 3.17. The van der Waals surface area contributed by atoms with Crippen molar-refractivity contribution in [3.63, 3.8) is 0 Å². The third kappa shape index (κ3) is 6.01. The zero-order valence-electron chi connectivity index (χ0n) is 18.4. The van der Waals surface area contributed by atoms with E-state index >= 15 is 0 Å². The molecule has 35 heavy (non-hydrogen) atoms. The average Bonchev–Trinajstić information content (AvgIpc) is 3.27. The Morgan fingerprint density at radius 3 is 2.29 bits per heavy atom. The number of hydrogen-bond donors (Lipinski definition) is 2. The molecule has 0 saturated carbocycles. The van der Waals surface area contributed by atoms with E-state index in [1.807, 2.05) is 41.0 Å². The number of nitrogens with zero attached hydrogens (tertiary/aromatic N) is 3. The van der Waals surface area contributed by atoms with Gasteiger partial charge in [-0.05, 0) is 72.8 Å². The number of carbonyl (C=O) groups is 1. The zero-order chi connectivity index (χ0) is 25.0. The minimum atomic E-state index is -3.80. The summed E-state index contributed by atoms with van der Waals surface area (Å²) in [5.41, 5.74) is 2.05. The second kappa shape index (κ2) is 10.5. The molecule has 4 aromatic rings. The highest BCUT2D eigenvalue weighted by Gasteiger charge is 2.18. The number of amides is 1. The van der Waals surface area contributed by atoms with Gasteiger partial charge in [-0.3, -0.25) is 9.36 Å². The summed E-state index contributed by atoms with van der Waals surface area (Å²) < 4.78 is 29.9. The van der Waals surface area contributed by atoms with Gasteiger partial charge in [0.15, 0.2) is 11.0 Å². The van der Waals surface area contributed by atoms with Gasteiger partial charge in [0.1, 0.15) is 5.75 Å². The fourth-order valence-corrected chi connectivity index (χ4v) is 4.56. The lowest BCUT2D eigenvalue weighted by Crippen LogP contribution is -2.15. The number of methoxy groups -OCH3 is 1. The number of aromatic nitrogens is 3. The molecule has 3 aromatic carbocycles. The van der Waals surface area contributed by atoms with E-state index in [4.69, 9.17) is 21.5 Å². The monoisotopic (exact) mass is 529 g/mol. The van der Waals surface area contributed by atoms with Crippen LogP contribution in [0.5, 0.6) is 5.75 Å². The van der Waals surface area contributed by atoms with Gasteiger partial charge in [-0.2, -0.15) is 0 Å². The molecule has 0 unspecified atom stereocenters. The van der Waals surface area contributed by atoms with Gasteiger partial charge in [-0.1, -0.05) is 23.4 Å². The number of nitrogens with one attached hydrogen (secondary N) is 1. The summed E-state index contributed by atoms with van der Waals surface area (Å²) in [6.07, 6.45) is 0. The van der Waals surface area contributed by atoms with E-state index < -0.39 is 10.0 Å². The number of hydrogen-bond acceptors (Lipinski definition) is 7. The molecule has 9 nitrogen and oxygen atoms in total. The van der Waals surface area contributed by atoms with Crippen molar-refractivity contribution in [2.45, 2.75) is 10.1 Å². The number of thioether (sulfide) groups is 1. The molecule has 1 amide bonds. The Kier molecular flexibility index (Phi) is 7.41. The lowest BCUT2D eigenvalue weighted by Gasteiger charge is -2.11. The summed E-state index contributed by atoms with van der Waals surface area (Å²) in [5, 5.41) is 17.6. The molecule has 0 spiro atoms. The van der Waals surface area contributed by atoms with E-state index in [0.717, 1.165) is 17.0 Å². The summed E-state index contributed by atoms with van der Waals surface area (Å²) in [4.78, 5) is 12.5. The van der Waals surface area contributed by atoms with E-state index in [2.05, 4.69) is 15.5 Å². The topological polar surface area (TPSA) is 129 Å². The molecular formula is C23H20ClN5O4S2. The first kappa shape index (κ1) is 24.7. The number of anilines is 1. The van der Waals surface area contributed by atoms with Crippen LogP contribution >= 0.6 is 23.4 Å². The number of primary sulfonamides is 1. The Morgan fingerprint density at radius 1 is 1.03 bits per heavy atom. The Hall–Kier alpha value is -3.38. The second-order valence-corrected chi connectivity index (χ2v) is 10.2. The van der Waals surface area contributed by atoms with Crippen molar-refractivity contribution < 1.29 is 17.9 Å². The molecule has 3 N–H and O–H groups in total. The number of nitrogens with two attached hydrogens (primary N) is 1. The van der Waals surface area contributed by atoms with Gasteiger partial charge in [0.2, 0.25) is 15.9 Å². The smallest absolute Gasteiger partial charge is 0.238 e. The molecule has 1 heterocycles. The normalized spacial score (nSPS) is 11.3. The van der Waals surface area contributed by atoms with Gasteiger partial charge in [0.05, 0.1) is 17.8 Å². The maximum absolute atomic E-state index is 12.5.